The molecule has 2 N–H and O–H groups in total. The van der Waals surface area contributed by atoms with Gasteiger partial charge in [0, 0.05) is 6.04 Å². The number of hydrogen-bond donors (Lipinski definition) is 1. The zero-order chi connectivity index (χ0) is 12.1. The Kier molecular flexibility index (Phi) is 5.54. The van der Waals surface area contributed by atoms with Crippen molar-refractivity contribution in [3.8, 4) is 0 Å². The summed E-state index contributed by atoms with van der Waals surface area (Å²) in [4.78, 5) is 0. The fraction of sp³-hybridized carbons (Fsp3) is 0.867. The van der Waals surface area contributed by atoms with Crippen molar-refractivity contribution in [3.63, 3.8) is 0 Å². The van der Waals surface area contributed by atoms with E-state index < -0.39 is 0 Å². The van der Waals surface area contributed by atoms with Crippen molar-refractivity contribution in [2.45, 2.75) is 58.9 Å². The van der Waals surface area contributed by atoms with Crippen molar-refractivity contribution < 1.29 is 0 Å². The predicted molar refractivity (Wildman–Crippen MR) is 72.2 cm³/mol. The van der Waals surface area contributed by atoms with Gasteiger partial charge in [0.25, 0.3) is 0 Å². The van der Waals surface area contributed by atoms with Crippen LogP contribution in [0, 0.1) is 23.7 Å². The maximum Gasteiger partial charge on any atom is 0.0221 e. The third-order valence-corrected chi connectivity index (χ3v) is 4.76. The molecule has 1 nitrogen and oxygen atoms in total. The summed E-state index contributed by atoms with van der Waals surface area (Å²) >= 11 is 0. The van der Waals surface area contributed by atoms with Gasteiger partial charge in [0.2, 0.25) is 0 Å². The van der Waals surface area contributed by atoms with Crippen LogP contribution in [0.5, 0.6) is 0 Å². The van der Waals surface area contributed by atoms with Crippen LogP contribution in [0.15, 0.2) is 12.7 Å². The first kappa shape index (κ1) is 13.8. The maximum absolute atomic E-state index is 5.89. The number of hydrogen-bond acceptors (Lipinski definition) is 1. The van der Waals surface area contributed by atoms with E-state index in [0.717, 1.165) is 30.1 Å². The van der Waals surface area contributed by atoms with Crippen LogP contribution in [0.2, 0.25) is 0 Å². The first-order valence-corrected chi connectivity index (χ1v) is 6.94. The molecule has 5 unspecified atom stereocenters. The molecule has 1 aliphatic rings. The quantitative estimate of drug-likeness (QED) is 0.701. The van der Waals surface area contributed by atoms with Gasteiger partial charge in [-0.3, -0.25) is 0 Å². The lowest BCUT2D eigenvalue weighted by molar-refractivity contribution is 0.124. The van der Waals surface area contributed by atoms with E-state index >= 15 is 0 Å². The molecule has 0 bridgehead atoms. The zero-order valence-corrected chi connectivity index (χ0v) is 11.3. The molecule has 0 aromatic carbocycles. The molecule has 94 valence electrons. The Hall–Kier alpha value is -0.300. The molecule has 16 heavy (non-hydrogen) atoms. The summed E-state index contributed by atoms with van der Waals surface area (Å²) < 4.78 is 0. The van der Waals surface area contributed by atoms with E-state index in [2.05, 4.69) is 27.4 Å². The van der Waals surface area contributed by atoms with Gasteiger partial charge in [0.15, 0.2) is 0 Å². The van der Waals surface area contributed by atoms with Gasteiger partial charge in [-0.15, -0.1) is 6.58 Å². The van der Waals surface area contributed by atoms with Crippen molar-refractivity contribution in [2.24, 2.45) is 29.4 Å². The smallest absolute Gasteiger partial charge is 0.0221 e. The molecule has 0 aliphatic heterocycles. The molecular weight excluding hydrogens is 194 g/mol. The van der Waals surface area contributed by atoms with Gasteiger partial charge in [-0.25, -0.2) is 0 Å². The van der Waals surface area contributed by atoms with Crippen molar-refractivity contribution in [3.05, 3.63) is 12.7 Å². The van der Waals surface area contributed by atoms with E-state index in [1.165, 1.54) is 25.7 Å². The van der Waals surface area contributed by atoms with Crippen molar-refractivity contribution in [2.75, 3.05) is 0 Å². The molecule has 1 rings (SSSR count). The van der Waals surface area contributed by atoms with Gasteiger partial charge < -0.3 is 5.73 Å². The van der Waals surface area contributed by atoms with Gasteiger partial charge in [-0.1, -0.05) is 39.7 Å². The molecule has 0 aromatic rings. The van der Waals surface area contributed by atoms with Crippen molar-refractivity contribution >= 4 is 0 Å². The summed E-state index contributed by atoms with van der Waals surface area (Å²) in [7, 11) is 0. The van der Waals surface area contributed by atoms with Crippen LogP contribution in [-0.2, 0) is 0 Å². The molecule has 0 aromatic heterocycles. The van der Waals surface area contributed by atoms with E-state index in [1.807, 2.05) is 6.08 Å². The second kappa shape index (κ2) is 6.44. The van der Waals surface area contributed by atoms with E-state index in [-0.39, 0.29) is 6.04 Å². The predicted octanol–water partition coefficient (Wildman–Crippen LogP) is 3.99. The minimum atomic E-state index is 0.193. The molecule has 1 saturated carbocycles. The highest BCUT2D eigenvalue weighted by molar-refractivity contribution is 4.85. The minimum Gasteiger partial charge on any atom is -0.324 e. The Labute approximate surface area is 101 Å². The molecule has 0 radical (unpaired) electrons. The van der Waals surface area contributed by atoms with Crippen LogP contribution < -0.4 is 5.73 Å². The minimum absolute atomic E-state index is 0.193. The molecule has 5 atom stereocenters. The second-order valence-electron chi connectivity index (χ2n) is 5.89. The topological polar surface area (TPSA) is 26.0 Å². The molecule has 1 heteroatoms. The van der Waals surface area contributed by atoms with E-state index in [9.17, 15) is 0 Å². The molecule has 0 saturated heterocycles. The normalized spacial score (nSPS) is 34.4. The monoisotopic (exact) mass is 223 g/mol. The summed E-state index contributed by atoms with van der Waals surface area (Å²) in [6, 6.07) is 0.193. The number of rotatable bonds is 5. The Morgan fingerprint density at radius 1 is 1.31 bits per heavy atom. The average molecular weight is 223 g/mol. The van der Waals surface area contributed by atoms with Crippen LogP contribution >= 0.6 is 0 Å². The van der Waals surface area contributed by atoms with Crippen LogP contribution in [0.4, 0.5) is 0 Å². The lowest BCUT2D eigenvalue weighted by atomic mass is 9.68. The Morgan fingerprint density at radius 2 is 2.00 bits per heavy atom. The SMILES string of the molecule is C=CC(N)CCC(C)C1CCCC(C)C1C. The second-order valence-corrected chi connectivity index (χ2v) is 5.89. The van der Waals surface area contributed by atoms with E-state index in [0.29, 0.717) is 0 Å². The van der Waals surface area contributed by atoms with Crippen LogP contribution in [0.3, 0.4) is 0 Å². The summed E-state index contributed by atoms with van der Waals surface area (Å²) in [5.74, 6) is 3.54. The van der Waals surface area contributed by atoms with Crippen LogP contribution in [0.1, 0.15) is 52.9 Å². The fourth-order valence-corrected chi connectivity index (χ4v) is 3.21. The fourth-order valence-electron chi connectivity index (χ4n) is 3.21. The summed E-state index contributed by atoms with van der Waals surface area (Å²) in [6.07, 6.45) is 8.51. The van der Waals surface area contributed by atoms with Crippen molar-refractivity contribution in [1.82, 2.24) is 0 Å². The van der Waals surface area contributed by atoms with Crippen LogP contribution in [-0.4, -0.2) is 6.04 Å². The molecular formula is C15H29N. The standard InChI is InChI=1S/C15H29N/c1-5-14(16)10-9-12(3)15-8-6-7-11(2)13(15)4/h5,11-15H,1,6-10,16H2,2-4H3. The Bertz CT molecular complexity index is 211. The van der Waals surface area contributed by atoms with E-state index in [1.54, 1.807) is 0 Å². The third kappa shape index (κ3) is 3.62. The van der Waals surface area contributed by atoms with Crippen molar-refractivity contribution in [1.29, 1.82) is 0 Å². The lowest BCUT2D eigenvalue weighted by Gasteiger charge is -2.38. The summed E-state index contributed by atoms with van der Waals surface area (Å²) in [6.45, 7) is 11.0. The van der Waals surface area contributed by atoms with E-state index in [4.69, 9.17) is 5.73 Å². The molecule has 0 amide bonds. The summed E-state index contributed by atoms with van der Waals surface area (Å²) in [5, 5.41) is 0. The molecule has 0 heterocycles. The van der Waals surface area contributed by atoms with Gasteiger partial charge in [-0.05, 0) is 42.9 Å². The Morgan fingerprint density at radius 3 is 2.62 bits per heavy atom. The Balaban J connectivity index is 2.39. The highest BCUT2D eigenvalue weighted by Gasteiger charge is 2.30. The molecule has 0 spiro atoms. The van der Waals surface area contributed by atoms with Gasteiger partial charge >= 0.3 is 0 Å². The highest BCUT2D eigenvalue weighted by Crippen LogP contribution is 2.39. The first-order chi connectivity index (χ1) is 7.56. The maximum atomic E-state index is 5.89. The molecule has 1 aliphatic carbocycles. The van der Waals surface area contributed by atoms with Gasteiger partial charge in [-0.2, -0.15) is 0 Å². The lowest BCUT2D eigenvalue weighted by Crippen LogP contribution is -2.30. The zero-order valence-electron chi connectivity index (χ0n) is 11.3. The largest absolute Gasteiger partial charge is 0.324 e. The van der Waals surface area contributed by atoms with Gasteiger partial charge in [0.05, 0.1) is 0 Å². The first-order valence-electron chi connectivity index (χ1n) is 6.94. The highest BCUT2D eigenvalue weighted by atomic mass is 14.6. The summed E-state index contributed by atoms with van der Waals surface area (Å²) in [5.41, 5.74) is 5.89. The van der Waals surface area contributed by atoms with Crippen LogP contribution in [0.25, 0.3) is 0 Å². The van der Waals surface area contributed by atoms with Gasteiger partial charge in [0.1, 0.15) is 0 Å². The average Bonchev–Trinajstić information content (AvgIpc) is 2.29. The third-order valence-electron chi connectivity index (χ3n) is 4.76. The number of nitrogens with two attached hydrogens (primary N) is 1. The molecule has 1 fully saturated rings.